The van der Waals surface area contributed by atoms with Crippen LogP contribution in [-0.4, -0.2) is 35.3 Å². The minimum Gasteiger partial charge on any atom is -0.388 e. The lowest BCUT2D eigenvalue weighted by molar-refractivity contribution is -0.171. The van der Waals surface area contributed by atoms with Crippen molar-refractivity contribution in [2.45, 2.75) is 64.3 Å². The van der Waals surface area contributed by atoms with Gasteiger partial charge in [-0.05, 0) is 38.0 Å². The summed E-state index contributed by atoms with van der Waals surface area (Å²) in [5, 5.41) is 13.2. The molecule has 1 saturated carbocycles. The third-order valence-corrected chi connectivity index (χ3v) is 5.44. The van der Waals surface area contributed by atoms with Gasteiger partial charge in [-0.15, -0.1) is 12.4 Å². The second-order valence-electron chi connectivity index (χ2n) is 7.52. The number of hydrogen-bond acceptors (Lipinski definition) is 4. The summed E-state index contributed by atoms with van der Waals surface area (Å²) in [4.78, 5) is 12.7. The van der Waals surface area contributed by atoms with Crippen LogP contribution in [0.3, 0.4) is 0 Å². The number of benzene rings is 1. The van der Waals surface area contributed by atoms with Crippen molar-refractivity contribution < 1.29 is 19.0 Å². The molecule has 1 fully saturated rings. The maximum absolute atomic E-state index is 13.0. The lowest BCUT2D eigenvalue weighted by atomic mass is 9.54. The molecule has 1 amide bonds. The third-order valence-electron chi connectivity index (χ3n) is 5.44. The van der Waals surface area contributed by atoms with Gasteiger partial charge < -0.3 is 20.9 Å². The Hall–Kier alpha value is -1.21. The van der Waals surface area contributed by atoms with Gasteiger partial charge in [-0.25, -0.2) is 4.39 Å². The molecule has 4 unspecified atom stereocenters. The first-order valence-electron chi connectivity index (χ1n) is 8.76. The molecule has 4 atom stereocenters. The number of carbonyl (C=O) groups is 1. The molecule has 2 rings (SSSR count). The molecular weight excluding hydrogens is 359 g/mol. The Balaban J connectivity index is 0.00000338. The summed E-state index contributed by atoms with van der Waals surface area (Å²) in [6.45, 7) is 8.21. The molecule has 5 nitrogen and oxygen atoms in total. The number of aliphatic hydroxyl groups excluding tert-OH is 1. The van der Waals surface area contributed by atoms with Crippen LogP contribution in [0.1, 0.15) is 52.2 Å². The average molecular weight is 389 g/mol. The Morgan fingerprint density at radius 2 is 2.00 bits per heavy atom. The predicted molar refractivity (Wildman–Crippen MR) is 102 cm³/mol. The van der Waals surface area contributed by atoms with Crippen molar-refractivity contribution in [3.05, 3.63) is 35.6 Å². The van der Waals surface area contributed by atoms with E-state index < -0.39 is 17.1 Å². The number of nitrogens with one attached hydrogen (secondary N) is 1. The highest BCUT2D eigenvalue weighted by molar-refractivity contribution is 5.89. The number of hydrogen-bond donors (Lipinski definition) is 3. The Morgan fingerprint density at radius 1 is 1.42 bits per heavy atom. The average Bonchev–Trinajstić information content (AvgIpc) is 2.54. The fraction of sp³-hybridized carbons (Fsp3) is 0.632. The first-order valence-corrected chi connectivity index (χ1v) is 8.76. The predicted octanol–water partition coefficient (Wildman–Crippen LogP) is 2.71. The van der Waals surface area contributed by atoms with Crippen LogP contribution in [-0.2, 0) is 9.53 Å². The fourth-order valence-corrected chi connectivity index (χ4v) is 3.39. The zero-order valence-electron chi connectivity index (χ0n) is 15.8. The van der Waals surface area contributed by atoms with Gasteiger partial charge in [-0.2, -0.15) is 0 Å². The molecule has 148 valence electrons. The molecule has 1 aliphatic carbocycles. The van der Waals surface area contributed by atoms with Gasteiger partial charge in [-0.3, -0.25) is 4.79 Å². The highest BCUT2D eigenvalue weighted by atomic mass is 35.5. The largest absolute Gasteiger partial charge is 0.388 e. The third kappa shape index (κ3) is 4.36. The van der Waals surface area contributed by atoms with Gasteiger partial charge in [0.15, 0.2) is 0 Å². The minimum absolute atomic E-state index is 0. The molecule has 0 aliphatic heterocycles. The lowest BCUT2D eigenvalue weighted by Crippen LogP contribution is -2.76. The summed E-state index contributed by atoms with van der Waals surface area (Å²) < 4.78 is 18.6. The van der Waals surface area contributed by atoms with E-state index in [0.29, 0.717) is 25.0 Å². The van der Waals surface area contributed by atoms with Crippen molar-refractivity contribution in [1.29, 1.82) is 0 Å². The number of carbonyl (C=O) groups excluding carboxylic acids is 1. The number of rotatable bonds is 7. The van der Waals surface area contributed by atoms with Crippen LogP contribution in [0.25, 0.3) is 0 Å². The van der Waals surface area contributed by atoms with E-state index in [1.807, 2.05) is 27.7 Å². The SMILES string of the molecule is CCOC1CC(N)(C(=O)NC(C)CC(O)c2ccc(F)cc2)C1(C)C.Cl. The van der Waals surface area contributed by atoms with Gasteiger partial charge in [0.05, 0.1) is 12.2 Å². The maximum atomic E-state index is 13.0. The van der Waals surface area contributed by atoms with E-state index in [1.54, 1.807) is 12.1 Å². The zero-order chi connectivity index (χ0) is 18.8. The topological polar surface area (TPSA) is 84.6 Å². The van der Waals surface area contributed by atoms with Crippen LogP contribution >= 0.6 is 12.4 Å². The Labute approximate surface area is 160 Å². The second-order valence-corrected chi connectivity index (χ2v) is 7.52. The van der Waals surface area contributed by atoms with Gasteiger partial charge in [0.2, 0.25) is 5.91 Å². The molecular formula is C19H30ClFN2O3. The summed E-state index contributed by atoms with van der Waals surface area (Å²) in [6.07, 6.45) is -0.0149. The Bertz CT molecular complexity index is 611. The summed E-state index contributed by atoms with van der Waals surface area (Å²) >= 11 is 0. The van der Waals surface area contributed by atoms with Crippen molar-refractivity contribution in [1.82, 2.24) is 5.32 Å². The molecule has 26 heavy (non-hydrogen) atoms. The van der Waals surface area contributed by atoms with Crippen molar-refractivity contribution in [2.75, 3.05) is 6.61 Å². The highest BCUT2D eigenvalue weighted by Crippen LogP contribution is 2.49. The smallest absolute Gasteiger partial charge is 0.241 e. The van der Waals surface area contributed by atoms with E-state index in [2.05, 4.69) is 5.32 Å². The van der Waals surface area contributed by atoms with Crippen LogP contribution < -0.4 is 11.1 Å². The van der Waals surface area contributed by atoms with Crippen LogP contribution in [0.15, 0.2) is 24.3 Å². The summed E-state index contributed by atoms with van der Waals surface area (Å²) in [6, 6.07) is 5.43. The van der Waals surface area contributed by atoms with Crippen LogP contribution in [0.2, 0.25) is 0 Å². The van der Waals surface area contributed by atoms with Crippen molar-refractivity contribution in [3.8, 4) is 0 Å². The minimum atomic E-state index is -0.984. The molecule has 0 spiro atoms. The quantitative estimate of drug-likeness (QED) is 0.670. The van der Waals surface area contributed by atoms with E-state index in [0.717, 1.165) is 0 Å². The van der Waals surface area contributed by atoms with E-state index in [-0.39, 0.29) is 36.3 Å². The molecule has 0 radical (unpaired) electrons. The van der Waals surface area contributed by atoms with Crippen LogP contribution in [0.5, 0.6) is 0 Å². The lowest BCUT2D eigenvalue weighted by Gasteiger charge is -2.57. The van der Waals surface area contributed by atoms with Crippen molar-refractivity contribution >= 4 is 18.3 Å². The zero-order valence-corrected chi connectivity index (χ0v) is 16.6. The van der Waals surface area contributed by atoms with Gasteiger partial charge >= 0.3 is 0 Å². The van der Waals surface area contributed by atoms with Crippen molar-refractivity contribution in [2.24, 2.45) is 11.1 Å². The van der Waals surface area contributed by atoms with Crippen LogP contribution in [0.4, 0.5) is 4.39 Å². The molecule has 1 aromatic rings. The van der Waals surface area contributed by atoms with E-state index in [9.17, 15) is 14.3 Å². The van der Waals surface area contributed by atoms with E-state index >= 15 is 0 Å². The Kier molecular flexibility index (Phi) is 7.60. The summed E-state index contributed by atoms with van der Waals surface area (Å²) in [5.41, 5.74) is 5.53. The number of ether oxygens (including phenoxy) is 1. The molecule has 4 N–H and O–H groups in total. The fourth-order valence-electron chi connectivity index (χ4n) is 3.39. The molecule has 0 bridgehead atoms. The summed E-state index contributed by atoms with van der Waals surface area (Å²) in [5.74, 6) is -0.578. The molecule has 0 saturated heterocycles. The monoisotopic (exact) mass is 388 g/mol. The Morgan fingerprint density at radius 3 is 2.50 bits per heavy atom. The highest BCUT2D eigenvalue weighted by Gasteiger charge is 2.62. The van der Waals surface area contributed by atoms with Gasteiger partial charge in [0.1, 0.15) is 11.4 Å². The first-order chi connectivity index (χ1) is 11.6. The van der Waals surface area contributed by atoms with Gasteiger partial charge in [0, 0.05) is 24.5 Å². The van der Waals surface area contributed by atoms with Gasteiger partial charge in [0.25, 0.3) is 0 Å². The van der Waals surface area contributed by atoms with Crippen molar-refractivity contribution in [3.63, 3.8) is 0 Å². The normalized spacial score (nSPS) is 26.2. The second kappa shape index (κ2) is 8.65. The number of amides is 1. The van der Waals surface area contributed by atoms with Crippen LogP contribution in [0, 0.1) is 11.2 Å². The molecule has 0 aromatic heterocycles. The molecule has 0 heterocycles. The molecule has 7 heteroatoms. The summed E-state index contributed by atoms with van der Waals surface area (Å²) in [7, 11) is 0. The number of nitrogens with two attached hydrogens (primary N) is 1. The maximum Gasteiger partial charge on any atom is 0.241 e. The molecule has 1 aromatic carbocycles. The van der Waals surface area contributed by atoms with Gasteiger partial charge in [-0.1, -0.05) is 26.0 Å². The van der Waals surface area contributed by atoms with E-state index in [1.165, 1.54) is 12.1 Å². The standard InChI is InChI=1S/C19H29FN2O3.ClH/c1-5-25-16-11-19(21,18(16,3)4)17(24)22-12(2)10-15(23)13-6-8-14(20)9-7-13;/h6-9,12,15-16,23H,5,10-11,21H2,1-4H3,(H,22,24);1H. The number of aliphatic hydroxyl groups is 1. The number of halogens is 2. The molecule has 1 aliphatic rings. The van der Waals surface area contributed by atoms with E-state index in [4.69, 9.17) is 10.5 Å². The first kappa shape index (κ1) is 22.8.